The second kappa shape index (κ2) is 5.86. The Morgan fingerprint density at radius 3 is 2.62 bits per heavy atom. The molecule has 114 valence electrons. The van der Waals surface area contributed by atoms with E-state index in [0.29, 0.717) is 27.9 Å². The number of carbonyl (C=O) groups is 1. The van der Waals surface area contributed by atoms with Crippen molar-refractivity contribution in [2.75, 3.05) is 12.3 Å². The lowest BCUT2D eigenvalue weighted by Gasteiger charge is -2.20. The summed E-state index contributed by atoms with van der Waals surface area (Å²) < 4.78 is 11.9. The minimum Gasteiger partial charge on any atom is -0.542 e. The molecule has 4 nitrogen and oxygen atoms in total. The highest BCUT2D eigenvalue weighted by atomic mass is 35.5. The number of esters is 1. The van der Waals surface area contributed by atoms with Crippen LogP contribution in [0, 0.1) is 0 Å². The van der Waals surface area contributed by atoms with E-state index in [1.54, 1.807) is 19.1 Å². The molecule has 0 radical (unpaired) electrons. The van der Waals surface area contributed by atoms with Crippen LogP contribution in [0.4, 0.5) is 5.00 Å². The van der Waals surface area contributed by atoms with Crippen molar-refractivity contribution in [2.45, 2.75) is 26.6 Å². The molecule has 2 rings (SSSR count). The molecule has 2 N–H and O–H groups in total. The van der Waals surface area contributed by atoms with Crippen LogP contribution in [0.3, 0.4) is 0 Å². The molecule has 1 aromatic heterocycles. The number of hydrogen-bond acceptors (Lipinski definition) is 5. The Labute approximate surface area is 133 Å². The molecule has 2 aromatic rings. The quantitative estimate of drug-likeness (QED) is 0.654. The van der Waals surface area contributed by atoms with Crippen LogP contribution in [0.15, 0.2) is 12.1 Å². The Morgan fingerprint density at radius 1 is 1.38 bits per heavy atom. The van der Waals surface area contributed by atoms with Crippen molar-refractivity contribution in [3.63, 3.8) is 0 Å². The van der Waals surface area contributed by atoms with E-state index in [2.05, 4.69) is 19.6 Å². The summed E-state index contributed by atoms with van der Waals surface area (Å²) in [6, 6.07) is 3.52. The Hall–Kier alpha value is -1.24. The zero-order valence-corrected chi connectivity index (χ0v) is 15.0. The largest absolute Gasteiger partial charge is 0.542 e. The molecule has 0 aliphatic rings. The van der Waals surface area contributed by atoms with Crippen molar-refractivity contribution >= 4 is 52.3 Å². The minimum atomic E-state index is -1.83. The van der Waals surface area contributed by atoms with Crippen molar-refractivity contribution in [1.82, 2.24) is 0 Å². The summed E-state index contributed by atoms with van der Waals surface area (Å²) in [6.07, 6.45) is 0. The maximum atomic E-state index is 12.1. The fourth-order valence-corrected chi connectivity index (χ4v) is 4.20. The number of ether oxygens (including phenoxy) is 1. The molecule has 0 amide bonds. The van der Waals surface area contributed by atoms with Crippen LogP contribution in [0.2, 0.25) is 24.7 Å². The molecule has 0 fully saturated rings. The van der Waals surface area contributed by atoms with Crippen molar-refractivity contribution in [3.8, 4) is 5.75 Å². The molecule has 0 bridgehead atoms. The lowest BCUT2D eigenvalue weighted by molar-refractivity contribution is 0.0530. The number of benzene rings is 1. The molecule has 1 aromatic carbocycles. The summed E-state index contributed by atoms with van der Waals surface area (Å²) in [5, 5.41) is 1.68. The summed E-state index contributed by atoms with van der Waals surface area (Å²) in [4.78, 5) is 12.1. The van der Waals surface area contributed by atoms with Gasteiger partial charge in [0.2, 0.25) is 8.32 Å². The van der Waals surface area contributed by atoms with Gasteiger partial charge in [0.15, 0.2) is 0 Å². The maximum absolute atomic E-state index is 12.1. The van der Waals surface area contributed by atoms with Gasteiger partial charge in [0.25, 0.3) is 0 Å². The maximum Gasteiger partial charge on any atom is 0.341 e. The van der Waals surface area contributed by atoms with Crippen molar-refractivity contribution in [1.29, 1.82) is 0 Å². The van der Waals surface area contributed by atoms with Crippen LogP contribution >= 0.6 is 22.9 Å². The summed E-state index contributed by atoms with van der Waals surface area (Å²) in [6.45, 7) is 8.29. The Kier molecular flexibility index (Phi) is 4.51. The van der Waals surface area contributed by atoms with Gasteiger partial charge in [-0.05, 0) is 32.6 Å². The number of fused-ring (bicyclic) bond motifs is 1. The van der Waals surface area contributed by atoms with Crippen LogP contribution in [0.1, 0.15) is 17.3 Å². The third-order valence-corrected chi connectivity index (χ3v) is 4.83. The van der Waals surface area contributed by atoms with E-state index in [9.17, 15) is 4.79 Å². The van der Waals surface area contributed by atoms with Gasteiger partial charge >= 0.3 is 5.97 Å². The number of nitrogen functional groups attached to an aromatic ring is 1. The van der Waals surface area contributed by atoms with Crippen molar-refractivity contribution < 1.29 is 14.0 Å². The highest BCUT2D eigenvalue weighted by Crippen LogP contribution is 2.44. The molecule has 0 saturated heterocycles. The summed E-state index contributed by atoms with van der Waals surface area (Å²) in [5.41, 5.74) is 6.39. The third kappa shape index (κ3) is 3.33. The second-order valence-corrected chi connectivity index (χ2v) is 11.4. The van der Waals surface area contributed by atoms with E-state index in [1.165, 1.54) is 11.3 Å². The van der Waals surface area contributed by atoms with E-state index in [0.717, 1.165) is 10.1 Å². The molecule has 0 saturated carbocycles. The topological polar surface area (TPSA) is 61.5 Å². The molecule has 1 heterocycles. The molecule has 0 unspecified atom stereocenters. The third-order valence-electron chi connectivity index (χ3n) is 2.68. The highest BCUT2D eigenvalue weighted by molar-refractivity contribution is 7.23. The zero-order chi connectivity index (χ0) is 15.8. The first-order valence-corrected chi connectivity index (χ1v) is 11.2. The Morgan fingerprint density at radius 2 is 2.05 bits per heavy atom. The predicted molar refractivity (Wildman–Crippen MR) is 91.2 cm³/mol. The lowest BCUT2D eigenvalue weighted by Crippen LogP contribution is -2.29. The Balaban J connectivity index is 2.64. The normalized spacial score (nSPS) is 11.7. The predicted octanol–water partition coefficient (Wildman–Crippen LogP) is 4.53. The fourth-order valence-electron chi connectivity index (χ4n) is 1.95. The van der Waals surface area contributed by atoms with Gasteiger partial charge in [-0.25, -0.2) is 4.79 Å². The average Bonchev–Trinajstić information content (AvgIpc) is 2.68. The van der Waals surface area contributed by atoms with E-state index < -0.39 is 14.3 Å². The lowest BCUT2D eigenvalue weighted by atomic mass is 10.1. The molecule has 21 heavy (non-hydrogen) atoms. The van der Waals surface area contributed by atoms with E-state index in [1.807, 2.05) is 0 Å². The van der Waals surface area contributed by atoms with Crippen LogP contribution in [0.25, 0.3) is 10.1 Å². The molecule has 7 heteroatoms. The molecule has 0 aliphatic heterocycles. The van der Waals surface area contributed by atoms with Gasteiger partial charge < -0.3 is 14.9 Å². The first-order valence-electron chi connectivity index (χ1n) is 6.61. The average molecular weight is 344 g/mol. The number of nitrogens with two attached hydrogens (primary N) is 1. The van der Waals surface area contributed by atoms with Gasteiger partial charge in [0, 0.05) is 5.39 Å². The van der Waals surface area contributed by atoms with E-state index >= 15 is 0 Å². The molecular weight excluding hydrogens is 326 g/mol. The molecule has 0 aliphatic carbocycles. The SMILES string of the molecule is CCOC(=O)c1c(N)sc2c(O[Si](C)(C)C)c(Cl)ccc12. The standard InChI is InChI=1S/C14H18ClNO3SSi/c1-5-18-14(17)10-8-6-7-9(15)11(19-21(2,3)4)12(8)20-13(10)16/h6-7H,5,16H2,1-4H3. The highest BCUT2D eigenvalue weighted by Gasteiger charge is 2.25. The minimum absolute atomic E-state index is 0.307. The van der Waals surface area contributed by atoms with E-state index in [4.69, 9.17) is 26.5 Å². The van der Waals surface area contributed by atoms with Crippen LogP contribution in [0.5, 0.6) is 5.75 Å². The molecule has 0 atom stereocenters. The van der Waals surface area contributed by atoms with Gasteiger partial charge in [-0.2, -0.15) is 0 Å². The van der Waals surface area contributed by atoms with Crippen molar-refractivity contribution in [3.05, 3.63) is 22.7 Å². The number of halogens is 1. The van der Waals surface area contributed by atoms with Gasteiger partial charge in [-0.1, -0.05) is 17.7 Å². The number of carbonyl (C=O) groups excluding carboxylic acids is 1. The summed E-state index contributed by atoms with van der Waals surface area (Å²) >= 11 is 7.56. The number of rotatable bonds is 4. The molecule has 0 spiro atoms. The van der Waals surface area contributed by atoms with Crippen LogP contribution < -0.4 is 10.2 Å². The number of thiophene rings is 1. The summed E-state index contributed by atoms with van der Waals surface area (Å²) in [7, 11) is -1.83. The van der Waals surface area contributed by atoms with Crippen LogP contribution in [-0.4, -0.2) is 20.9 Å². The smallest absolute Gasteiger partial charge is 0.341 e. The number of anilines is 1. The van der Waals surface area contributed by atoms with Crippen molar-refractivity contribution in [2.24, 2.45) is 0 Å². The Bertz CT molecular complexity index is 694. The van der Waals surface area contributed by atoms with E-state index in [-0.39, 0.29) is 0 Å². The van der Waals surface area contributed by atoms with Gasteiger partial charge in [-0.3, -0.25) is 0 Å². The number of hydrogen-bond donors (Lipinski definition) is 1. The van der Waals surface area contributed by atoms with Gasteiger partial charge in [0.05, 0.1) is 16.3 Å². The fraction of sp³-hybridized carbons (Fsp3) is 0.357. The van der Waals surface area contributed by atoms with Gasteiger partial charge in [0.1, 0.15) is 16.3 Å². The second-order valence-electron chi connectivity index (χ2n) is 5.53. The summed E-state index contributed by atoms with van der Waals surface area (Å²) in [5.74, 6) is 0.197. The monoisotopic (exact) mass is 343 g/mol. The first kappa shape index (κ1) is 16.1. The van der Waals surface area contributed by atoms with Gasteiger partial charge in [-0.15, -0.1) is 11.3 Å². The zero-order valence-electron chi connectivity index (χ0n) is 12.5. The first-order chi connectivity index (χ1) is 9.74. The van der Waals surface area contributed by atoms with Crippen LogP contribution in [-0.2, 0) is 4.74 Å². The molecular formula is C14H18ClNO3SSi.